The van der Waals surface area contributed by atoms with Crippen LogP contribution in [0.2, 0.25) is 0 Å². The van der Waals surface area contributed by atoms with Crippen LogP contribution >= 0.6 is 11.8 Å². The van der Waals surface area contributed by atoms with Gasteiger partial charge < -0.3 is 10.0 Å². The standard InChI is InChI=1S/C24H23N5O2S/c30-22-13-11-21(12-14-22)29-24(25-26-27-29)32-18-23(31)28(17-20-9-5-2-6-10-20)16-15-19-7-3-1-4-8-19/h1-14,30H,15-18H2. The van der Waals surface area contributed by atoms with Crippen LogP contribution in [0.5, 0.6) is 5.75 Å². The topological polar surface area (TPSA) is 84.1 Å². The van der Waals surface area contributed by atoms with E-state index in [1.54, 1.807) is 28.9 Å². The minimum absolute atomic E-state index is 0.0232. The van der Waals surface area contributed by atoms with Gasteiger partial charge in [0.15, 0.2) is 0 Å². The Morgan fingerprint density at radius 2 is 1.56 bits per heavy atom. The van der Waals surface area contributed by atoms with Gasteiger partial charge in [0.1, 0.15) is 5.75 Å². The van der Waals surface area contributed by atoms with Crippen molar-refractivity contribution < 1.29 is 9.90 Å². The Bertz CT molecular complexity index is 1130. The average molecular weight is 446 g/mol. The normalized spacial score (nSPS) is 10.8. The Labute approximate surface area is 190 Å². The highest BCUT2D eigenvalue weighted by Gasteiger charge is 2.17. The first-order chi connectivity index (χ1) is 15.7. The number of thioether (sulfide) groups is 1. The smallest absolute Gasteiger partial charge is 0.233 e. The molecule has 162 valence electrons. The van der Waals surface area contributed by atoms with Crippen LogP contribution in [0.4, 0.5) is 0 Å². The average Bonchev–Trinajstić information content (AvgIpc) is 3.30. The number of hydrogen-bond donors (Lipinski definition) is 1. The number of nitrogens with zero attached hydrogens (tertiary/aromatic N) is 5. The molecule has 1 heterocycles. The molecule has 0 unspecified atom stereocenters. The molecule has 0 aliphatic rings. The summed E-state index contributed by atoms with van der Waals surface area (Å²) in [4.78, 5) is 15.0. The molecule has 0 saturated carbocycles. The highest BCUT2D eigenvalue weighted by Crippen LogP contribution is 2.21. The molecule has 0 atom stereocenters. The van der Waals surface area contributed by atoms with E-state index in [9.17, 15) is 9.90 Å². The van der Waals surface area contributed by atoms with Crippen molar-refractivity contribution in [3.8, 4) is 11.4 Å². The monoisotopic (exact) mass is 445 g/mol. The van der Waals surface area contributed by atoms with E-state index in [1.165, 1.54) is 17.3 Å². The maximum atomic E-state index is 13.2. The van der Waals surface area contributed by atoms with Crippen molar-refractivity contribution in [2.45, 2.75) is 18.1 Å². The third-order valence-electron chi connectivity index (χ3n) is 4.94. The summed E-state index contributed by atoms with van der Waals surface area (Å²) in [6, 6.07) is 26.7. The summed E-state index contributed by atoms with van der Waals surface area (Å²) in [5, 5.41) is 21.8. The maximum absolute atomic E-state index is 13.2. The van der Waals surface area contributed by atoms with Gasteiger partial charge in [-0.1, -0.05) is 72.4 Å². The molecule has 1 N–H and O–H groups in total. The predicted molar refractivity (Wildman–Crippen MR) is 124 cm³/mol. The van der Waals surface area contributed by atoms with Crippen LogP contribution < -0.4 is 0 Å². The van der Waals surface area contributed by atoms with Crippen LogP contribution in [0.25, 0.3) is 5.69 Å². The number of carbonyl (C=O) groups is 1. The molecular formula is C24H23N5O2S. The first-order valence-corrected chi connectivity index (χ1v) is 11.2. The van der Waals surface area contributed by atoms with Gasteiger partial charge in [-0.15, -0.1) is 5.10 Å². The molecule has 3 aromatic carbocycles. The fraction of sp³-hybridized carbons (Fsp3) is 0.167. The van der Waals surface area contributed by atoms with E-state index < -0.39 is 0 Å². The van der Waals surface area contributed by atoms with Crippen LogP contribution in [0, 0.1) is 0 Å². The van der Waals surface area contributed by atoms with Crippen LogP contribution in [0.15, 0.2) is 90.1 Å². The second-order valence-electron chi connectivity index (χ2n) is 7.21. The van der Waals surface area contributed by atoms with Gasteiger partial charge in [-0.2, -0.15) is 4.68 Å². The minimum atomic E-state index is 0.0232. The van der Waals surface area contributed by atoms with E-state index in [4.69, 9.17) is 0 Å². The zero-order valence-corrected chi connectivity index (χ0v) is 18.2. The third kappa shape index (κ3) is 5.73. The lowest BCUT2D eigenvalue weighted by atomic mass is 10.1. The molecule has 0 fully saturated rings. The molecule has 7 nitrogen and oxygen atoms in total. The highest BCUT2D eigenvalue weighted by atomic mass is 32.2. The molecule has 4 aromatic rings. The number of hydrogen-bond acceptors (Lipinski definition) is 6. The lowest BCUT2D eigenvalue weighted by Gasteiger charge is -2.23. The van der Waals surface area contributed by atoms with Gasteiger partial charge in [-0.05, 0) is 52.2 Å². The molecule has 0 saturated heterocycles. The summed E-state index contributed by atoms with van der Waals surface area (Å²) >= 11 is 1.29. The van der Waals surface area contributed by atoms with Crippen molar-refractivity contribution >= 4 is 17.7 Å². The number of aromatic nitrogens is 4. The van der Waals surface area contributed by atoms with Crippen LogP contribution in [0.3, 0.4) is 0 Å². The molecule has 32 heavy (non-hydrogen) atoms. The number of benzene rings is 3. The number of carbonyl (C=O) groups excluding carboxylic acids is 1. The van der Waals surface area contributed by atoms with Crippen LogP contribution in [-0.2, 0) is 17.8 Å². The van der Waals surface area contributed by atoms with E-state index in [2.05, 4.69) is 27.7 Å². The summed E-state index contributed by atoms with van der Waals surface area (Å²) < 4.78 is 1.56. The lowest BCUT2D eigenvalue weighted by Crippen LogP contribution is -2.34. The zero-order chi connectivity index (χ0) is 22.2. The van der Waals surface area contributed by atoms with Crippen molar-refractivity contribution in [3.63, 3.8) is 0 Å². The minimum Gasteiger partial charge on any atom is -0.508 e. The van der Waals surface area contributed by atoms with E-state index in [0.717, 1.165) is 12.0 Å². The Hall–Kier alpha value is -3.65. The summed E-state index contributed by atoms with van der Waals surface area (Å²) in [7, 11) is 0. The third-order valence-corrected chi connectivity index (χ3v) is 5.85. The number of phenolic OH excluding ortho intramolecular Hbond substituents is 1. The van der Waals surface area contributed by atoms with Gasteiger partial charge in [0.05, 0.1) is 11.4 Å². The van der Waals surface area contributed by atoms with Gasteiger partial charge in [-0.25, -0.2) is 0 Å². The number of tetrazole rings is 1. The van der Waals surface area contributed by atoms with Gasteiger partial charge in [-0.3, -0.25) is 4.79 Å². The molecule has 0 bridgehead atoms. The number of phenols is 1. The van der Waals surface area contributed by atoms with Crippen molar-refractivity contribution in [1.82, 2.24) is 25.1 Å². The molecule has 4 rings (SSSR count). The van der Waals surface area contributed by atoms with Gasteiger partial charge in [0, 0.05) is 13.1 Å². The van der Waals surface area contributed by atoms with Crippen LogP contribution in [0.1, 0.15) is 11.1 Å². The Morgan fingerprint density at radius 1 is 0.906 bits per heavy atom. The summed E-state index contributed by atoms with van der Waals surface area (Å²) in [6.07, 6.45) is 0.787. The molecule has 1 amide bonds. The fourth-order valence-electron chi connectivity index (χ4n) is 3.25. The van der Waals surface area contributed by atoms with E-state index in [1.807, 2.05) is 53.4 Å². The summed E-state index contributed by atoms with van der Waals surface area (Å²) in [5.41, 5.74) is 3.00. The molecule has 0 radical (unpaired) electrons. The number of aromatic hydroxyl groups is 1. The van der Waals surface area contributed by atoms with Crippen molar-refractivity contribution in [2.24, 2.45) is 0 Å². The van der Waals surface area contributed by atoms with Crippen molar-refractivity contribution in [3.05, 3.63) is 96.1 Å². The molecule has 1 aromatic heterocycles. The van der Waals surface area contributed by atoms with Gasteiger partial charge in [0.25, 0.3) is 0 Å². The fourth-order valence-corrected chi connectivity index (χ4v) is 4.04. The van der Waals surface area contributed by atoms with Gasteiger partial charge in [0.2, 0.25) is 11.1 Å². The lowest BCUT2D eigenvalue weighted by molar-refractivity contribution is -0.128. The van der Waals surface area contributed by atoms with E-state index in [0.29, 0.717) is 23.9 Å². The van der Waals surface area contributed by atoms with Crippen molar-refractivity contribution in [1.29, 1.82) is 0 Å². The Balaban J connectivity index is 1.44. The summed E-state index contributed by atoms with van der Waals surface area (Å²) in [5.74, 6) is 0.413. The molecule has 8 heteroatoms. The van der Waals surface area contributed by atoms with E-state index in [-0.39, 0.29) is 17.4 Å². The Kier molecular flexibility index (Phi) is 7.14. The molecule has 0 aliphatic heterocycles. The molecular weight excluding hydrogens is 422 g/mol. The second kappa shape index (κ2) is 10.6. The number of rotatable bonds is 9. The van der Waals surface area contributed by atoms with Crippen LogP contribution in [-0.4, -0.2) is 48.4 Å². The molecule has 0 spiro atoms. The summed E-state index contributed by atoms with van der Waals surface area (Å²) in [6.45, 7) is 1.18. The van der Waals surface area contributed by atoms with E-state index >= 15 is 0 Å². The number of amides is 1. The SMILES string of the molecule is O=C(CSc1nnnn1-c1ccc(O)cc1)N(CCc1ccccc1)Cc1ccccc1. The first-order valence-electron chi connectivity index (χ1n) is 10.3. The van der Waals surface area contributed by atoms with Crippen molar-refractivity contribution in [2.75, 3.05) is 12.3 Å². The zero-order valence-electron chi connectivity index (χ0n) is 17.4. The predicted octanol–water partition coefficient (Wildman–Crippen LogP) is 3.73. The Morgan fingerprint density at radius 3 is 2.25 bits per heavy atom. The second-order valence-corrected chi connectivity index (χ2v) is 8.16. The molecule has 0 aliphatic carbocycles. The maximum Gasteiger partial charge on any atom is 0.233 e. The quantitative estimate of drug-likeness (QED) is 0.395. The largest absolute Gasteiger partial charge is 0.508 e. The highest BCUT2D eigenvalue weighted by molar-refractivity contribution is 7.99. The van der Waals surface area contributed by atoms with Gasteiger partial charge >= 0.3 is 0 Å². The first kappa shape index (κ1) is 21.6.